The van der Waals surface area contributed by atoms with Crippen LogP contribution in [0.2, 0.25) is 0 Å². The molecule has 8 nitrogen and oxygen atoms in total. The molecule has 4 rings (SSSR count). The second kappa shape index (κ2) is 9.75. The molecule has 0 radical (unpaired) electrons. The number of carbonyl (C=O) groups is 1. The van der Waals surface area contributed by atoms with Crippen LogP contribution >= 0.6 is 11.8 Å². The van der Waals surface area contributed by atoms with E-state index in [4.69, 9.17) is 4.74 Å². The molecule has 0 unspecified atom stereocenters. The van der Waals surface area contributed by atoms with E-state index in [9.17, 15) is 4.79 Å². The number of nitrogens with zero attached hydrogens (tertiary/aromatic N) is 4. The lowest BCUT2D eigenvalue weighted by Crippen LogP contribution is -2.12. The van der Waals surface area contributed by atoms with Crippen LogP contribution in [0.1, 0.15) is 15.9 Å². The van der Waals surface area contributed by atoms with Crippen molar-refractivity contribution >= 4 is 23.4 Å². The summed E-state index contributed by atoms with van der Waals surface area (Å²) in [5, 5.41) is 14.5. The Morgan fingerprint density at radius 1 is 1.17 bits per heavy atom. The van der Waals surface area contributed by atoms with Crippen LogP contribution in [0.3, 0.4) is 0 Å². The Labute approximate surface area is 177 Å². The van der Waals surface area contributed by atoms with Gasteiger partial charge in [0.25, 0.3) is 5.91 Å². The van der Waals surface area contributed by atoms with Gasteiger partial charge in [-0.2, -0.15) is 10.2 Å². The minimum atomic E-state index is -0.168. The lowest BCUT2D eigenvalue weighted by atomic mass is 10.1. The summed E-state index contributed by atoms with van der Waals surface area (Å²) in [6.07, 6.45) is 5.10. The molecular formula is C21H20N6O2S. The highest BCUT2D eigenvalue weighted by atomic mass is 32.2. The maximum absolute atomic E-state index is 12.6. The van der Waals surface area contributed by atoms with Crippen LogP contribution in [0.4, 0.5) is 5.69 Å². The summed E-state index contributed by atoms with van der Waals surface area (Å²) in [5.41, 5.74) is 2.37. The van der Waals surface area contributed by atoms with E-state index < -0.39 is 0 Å². The predicted molar refractivity (Wildman–Crippen MR) is 115 cm³/mol. The average Bonchev–Trinajstić information content (AvgIpc) is 3.47. The third-order valence-corrected chi connectivity index (χ3v) is 5.17. The van der Waals surface area contributed by atoms with E-state index in [1.165, 1.54) is 6.33 Å². The summed E-state index contributed by atoms with van der Waals surface area (Å²) in [7, 11) is 0. The maximum Gasteiger partial charge on any atom is 0.255 e. The van der Waals surface area contributed by atoms with Gasteiger partial charge < -0.3 is 10.1 Å². The minimum absolute atomic E-state index is 0.168. The van der Waals surface area contributed by atoms with Gasteiger partial charge >= 0.3 is 0 Å². The zero-order chi connectivity index (χ0) is 20.6. The number of benzene rings is 2. The van der Waals surface area contributed by atoms with Gasteiger partial charge in [0.05, 0.1) is 6.54 Å². The number of H-pyrrole nitrogens is 1. The topological polar surface area (TPSA) is 97.7 Å². The maximum atomic E-state index is 12.6. The van der Waals surface area contributed by atoms with E-state index in [0.29, 0.717) is 30.2 Å². The molecule has 2 aromatic carbocycles. The fraction of sp³-hybridized carbons (Fsp3) is 0.143. The molecular weight excluding hydrogens is 400 g/mol. The summed E-state index contributed by atoms with van der Waals surface area (Å²) in [4.78, 5) is 16.6. The highest BCUT2D eigenvalue weighted by Gasteiger charge is 2.07. The number of aromatic amines is 1. The molecule has 4 aromatic rings. The molecule has 0 spiro atoms. The van der Waals surface area contributed by atoms with E-state index >= 15 is 0 Å². The van der Waals surface area contributed by atoms with Gasteiger partial charge in [-0.05, 0) is 35.9 Å². The van der Waals surface area contributed by atoms with Crippen LogP contribution in [0.15, 0.2) is 78.5 Å². The Morgan fingerprint density at radius 3 is 2.83 bits per heavy atom. The van der Waals surface area contributed by atoms with E-state index in [-0.39, 0.29) is 5.91 Å². The molecule has 2 aromatic heterocycles. The zero-order valence-electron chi connectivity index (χ0n) is 16.1. The Balaban J connectivity index is 1.29. The van der Waals surface area contributed by atoms with Crippen LogP contribution < -0.4 is 10.1 Å². The number of aromatic nitrogens is 5. The largest absolute Gasteiger partial charge is 0.492 e. The summed E-state index contributed by atoms with van der Waals surface area (Å²) in [6, 6.07) is 16.7. The van der Waals surface area contributed by atoms with Crippen molar-refractivity contribution in [3.63, 3.8) is 0 Å². The molecule has 30 heavy (non-hydrogen) atoms. The number of rotatable bonds is 9. The Kier molecular flexibility index (Phi) is 6.41. The van der Waals surface area contributed by atoms with E-state index in [2.05, 4.69) is 25.6 Å². The molecule has 0 bridgehead atoms. The first-order valence-corrected chi connectivity index (χ1v) is 10.3. The predicted octanol–water partition coefficient (Wildman–Crippen LogP) is 3.62. The van der Waals surface area contributed by atoms with Crippen LogP contribution in [0.5, 0.6) is 5.75 Å². The molecule has 0 saturated heterocycles. The highest BCUT2D eigenvalue weighted by Crippen LogP contribution is 2.20. The number of ether oxygens (including phenoxy) is 1. The summed E-state index contributed by atoms with van der Waals surface area (Å²) < 4.78 is 7.56. The fourth-order valence-electron chi connectivity index (χ4n) is 2.72. The van der Waals surface area contributed by atoms with Gasteiger partial charge in [0, 0.05) is 35.5 Å². The van der Waals surface area contributed by atoms with Crippen LogP contribution in [-0.2, 0) is 12.3 Å². The smallest absolute Gasteiger partial charge is 0.255 e. The molecule has 2 N–H and O–H groups in total. The number of amides is 1. The lowest BCUT2D eigenvalue weighted by molar-refractivity contribution is 0.102. The van der Waals surface area contributed by atoms with Crippen LogP contribution in [0, 0.1) is 0 Å². The first-order valence-electron chi connectivity index (χ1n) is 9.35. The minimum Gasteiger partial charge on any atom is -0.492 e. The molecule has 0 aliphatic rings. The van der Waals surface area contributed by atoms with Gasteiger partial charge in [-0.3, -0.25) is 14.6 Å². The van der Waals surface area contributed by atoms with Gasteiger partial charge in [0.15, 0.2) is 5.16 Å². The second-order valence-corrected chi connectivity index (χ2v) is 7.34. The molecule has 9 heteroatoms. The normalized spacial score (nSPS) is 10.7. The summed E-state index contributed by atoms with van der Waals surface area (Å²) in [6.45, 7) is 1.15. The Hall–Kier alpha value is -3.59. The summed E-state index contributed by atoms with van der Waals surface area (Å²) in [5.74, 6) is 1.27. The second-order valence-electron chi connectivity index (χ2n) is 6.38. The SMILES string of the molecule is O=C(Nc1cccc(OCCn2cccn2)c1)c1ccc(CSc2ncn[nH]2)cc1. The number of nitrogens with one attached hydrogen (secondary N) is 2. The van der Waals surface area contributed by atoms with Crippen molar-refractivity contribution in [1.82, 2.24) is 25.0 Å². The molecule has 152 valence electrons. The standard InChI is InChI=1S/C21H20N6O2S/c28-20(17-7-5-16(6-8-17)14-30-21-22-15-23-26-21)25-18-3-1-4-19(13-18)29-12-11-27-10-2-9-24-27/h1-10,13,15H,11-12,14H2,(H,25,28)(H,22,23,26). The zero-order valence-corrected chi connectivity index (χ0v) is 16.9. The van der Waals surface area contributed by atoms with Crippen molar-refractivity contribution in [3.05, 3.63) is 84.4 Å². The Bertz CT molecular complexity index is 1070. The number of anilines is 1. The number of hydrogen-bond acceptors (Lipinski definition) is 6. The third kappa shape index (κ3) is 5.48. The Morgan fingerprint density at radius 2 is 2.07 bits per heavy atom. The van der Waals surface area contributed by atoms with Crippen molar-refractivity contribution in [2.75, 3.05) is 11.9 Å². The van der Waals surface area contributed by atoms with Gasteiger partial charge in [0.1, 0.15) is 18.7 Å². The van der Waals surface area contributed by atoms with Crippen molar-refractivity contribution in [3.8, 4) is 5.75 Å². The average molecular weight is 420 g/mol. The molecule has 2 heterocycles. The van der Waals surface area contributed by atoms with E-state index in [1.807, 2.05) is 60.8 Å². The highest BCUT2D eigenvalue weighted by molar-refractivity contribution is 7.98. The van der Waals surface area contributed by atoms with Crippen LogP contribution in [0.25, 0.3) is 0 Å². The molecule has 0 aliphatic heterocycles. The molecule has 1 amide bonds. The van der Waals surface area contributed by atoms with Crippen molar-refractivity contribution < 1.29 is 9.53 Å². The number of carbonyl (C=O) groups excluding carboxylic acids is 1. The van der Waals surface area contributed by atoms with E-state index in [1.54, 1.807) is 22.6 Å². The quantitative estimate of drug-likeness (QED) is 0.401. The van der Waals surface area contributed by atoms with Crippen molar-refractivity contribution in [2.45, 2.75) is 17.5 Å². The molecule has 0 atom stereocenters. The van der Waals surface area contributed by atoms with Crippen LogP contribution in [-0.4, -0.2) is 37.5 Å². The van der Waals surface area contributed by atoms with Gasteiger partial charge in [-0.15, -0.1) is 0 Å². The van der Waals surface area contributed by atoms with Crippen molar-refractivity contribution in [1.29, 1.82) is 0 Å². The number of hydrogen-bond donors (Lipinski definition) is 2. The molecule has 0 saturated carbocycles. The first-order chi connectivity index (χ1) is 14.8. The number of thioether (sulfide) groups is 1. The van der Waals surface area contributed by atoms with Gasteiger partial charge in [0.2, 0.25) is 0 Å². The fourth-order valence-corrected chi connectivity index (χ4v) is 3.46. The molecule has 0 fully saturated rings. The van der Waals surface area contributed by atoms with E-state index in [0.717, 1.165) is 16.5 Å². The molecule has 0 aliphatic carbocycles. The van der Waals surface area contributed by atoms with Gasteiger partial charge in [-0.25, -0.2) is 4.98 Å². The first kappa shape index (κ1) is 19.7. The monoisotopic (exact) mass is 420 g/mol. The van der Waals surface area contributed by atoms with Gasteiger partial charge in [-0.1, -0.05) is 30.0 Å². The third-order valence-electron chi connectivity index (χ3n) is 4.22. The summed E-state index contributed by atoms with van der Waals surface area (Å²) >= 11 is 1.56. The van der Waals surface area contributed by atoms with Crippen molar-refractivity contribution in [2.24, 2.45) is 0 Å². The lowest BCUT2D eigenvalue weighted by Gasteiger charge is -2.10.